The van der Waals surface area contributed by atoms with Crippen LogP contribution in [0.1, 0.15) is 19.8 Å². The fraction of sp³-hybridized carbons (Fsp3) is 0.294. The maximum Gasteiger partial charge on any atom is 0.0381 e. The maximum absolute atomic E-state index is 5.10. The van der Waals surface area contributed by atoms with E-state index in [9.17, 15) is 0 Å². The van der Waals surface area contributed by atoms with Gasteiger partial charge in [-0.2, -0.15) is 0 Å². The molecule has 100 valence electrons. The number of rotatable bonds is 5. The molecule has 0 atom stereocenters. The first kappa shape index (κ1) is 14.1. The Bertz CT molecular complexity index is 502. The van der Waals surface area contributed by atoms with Gasteiger partial charge < -0.3 is 0 Å². The van der Waals surface area contributed by atoms with Gasteiger partial charge in [0.2, 0.25) is 0 Å². The summed E-state index contributed by atoms with van der Waals surface area (Å²) in [6.07, 6.45) is 2.38. The predicted molar refractivity (Wildman–Crippen MR) is 87.2 cm³/mol. The lowest BCUT2D eigenvalue weighted by Crippen LogP contribution is -2.15. The van der Waals surface area contributed by atoms with E-state index in [1.807, 2.05) is 0 Å². The zero-order chi connectivity index (χ0) is 13.6. The molecule has 0 aliphatic heterocycles. The molecule has 0 heterocycles. The smallest absolute Gasteiger partial charge is 0.0381 e. The predicted octanol–water partition coefficient (Wildman–Crippen LogP) is 4.27. The lowest BCUT2D eigenvalue weighted by atomic mass is 10.3. The van der Waals surface area contributed by atoms with Gasteiger partial charge >= 0.3 is 0 Å². The summed E-state index contributed by atoms with van der Waals surface area (Å²) in [6, 6.07) is 21.5. The number of hydrogen-bond donors (Lipinski definition) is 0. The van der Waals surface area contributed by atoms with E-state index < -0.39 is 7.05 Å². The number of unbranched alkanes of at least 4 members (excludes halogenated alkanes) is 1. The quantitative estimate of drug-likeness (QED) is 0.569. The lowest BCUT2D eigenvalue weighted by Gasteiger charge is -2.21. The summed E-state index contributed by atoms with van der Waals surface area (Å²) in [4.78, 5) is 0. The lowest BCUT2D eigenvalue weighted by molar-refractivity contribution is 0.813. The van der Waals surface area contributed by atoms with E-state index in [1.165, 1.54) is 23.5 Å². The summed E-state index contributed by atoms with van der Waals surface area (Å²) in [5, 5.41) is 2.75. The summed E-state index contributed by atoms with van der Waals surface area (Å²) in [7, 11) is -1.58. The highest BCUT2D eigenvalue weighted by Crippen LogP contribution is 2.43. The second-order valence-corrected chi connectivity index (χ2v) is 8.08. The van der Waals surface area contributed by atoms with Gasteiger partial charge in [-0.1, -0.05) is 74.0 Å². The molecule has 1 nitrogen and oxygen atoms in total. The molecule has 0 aromatic heterocycles. The Morgan fingerprint density at radius 3 is 1.74 bits per heavy atom. The molecule has 2 heteroatoms. The van der Waals surface area contributed by atoms with Crippen LogP contribution in [0.15, 0.2) is 65.4 Å². The minimum absolute atomic E-state index is 0.963. The van der Waals surface area contributed by atoms with Crippen molar-refractivity contribution in [3.05, 3.63) is 60.7 Å². The van der Waals surface area contributed by atoms with Gasteiger partial charge in [0.05, 0.1) is 0 Å². The SMILES string of the molecule is CCCCN=P(C)(c1ccccc1)c1ccccc1. The van der Waals surface area contributed by atoms with Crippen molar-refractivity contribution in [2.45, 2.75) is 19.8 Å². The average Bonchev–Trinajstić information content (AvgIpc) is 2.49. The molecule has 0 amide bonds. The molecule has 0 bridgehead atoms. The summed E-state index contributed by atoms with van der Waals surface area (Å²) >= 11 is 0. The van der Waals surface area contributed by atoms with Crippen LogP contribution < -0.4 is 10.6 Å². The molecule has 0 saturated heterocycles. The molecule has 2 aromatic rings. The minimum atomic E-state index is -1.58. The zero-order valence-corrected chi connectivity index (χ0v) is 12.7. The number of benzene rings is 2. The molecule has 0 spiro atoms. The highest BCUT2D eigenvalue weighted by molar-refractivity contribution is 7.80. The largest absolute Gasteiger partial charge is 0.294 e. The first-order chi connectivity index (χ1) is 9.27. The molecular formula is C17H22NP. The van der Waals surface area contributed by atoms with Crippen LogP contribution in [0.4, 0.5) is 0 Å². The second kappa shape index (κ2) is 6.73. The Hall–Kier alpha value is -1.33. The van der Waals surface area contributed by atoms with Crippen LogP contribution in [0.2, 0.25) is 0 Å². The van der Waals surface area contributed by atoms with Crippen molar-refractivity contribution in [1.29, 1.82) is 0 Å². The molecule has 2 aromatic carbocycles. The Morgan fingerprint density at radius 1 is 0.842 bits per heavy atom. The standard InChI is InChI=1S/C17H22NP/c1-3-4-15-18-19(2,16-11-7-5-8-12-16)17-13-9-6-10-14-17/h5-14H,3-4,15H2,1-2H3. The molecule has 0 fully saturated rings. The average molecular weight is 271 g/mol. The molecule has 0 unspecified atom stereocenters. The Kier molecular flexibility index (Phi) is 4.99. The summed E-state index contributed by atoms with van der Waals surface area (Å²) in [6.45, 7) is 5.51. The van der Waals surface area contributed by atoms with E-state index in [2.05, 4.69) is 74.3 Å². The van der Waals surface area contributed by atoms with Crippen molar-refractivity contribution in [3.63, 3.8) is 0 Å². The van der Waals surface area contributed by atoms with Crippen molar-refractivity contribution >= 4 is 17.7 Å². The summed E-state index contributed by atoms with van der Waals surface area (Å²) in [5.74, 6) is 0. The van der Waals surface area contributed by atoms with Crippen molar-refractivity contribution in [3.8, 4) is 0 Å². The monoisotopic (exact) mass is 271 g/mol. The van der Waals surface area contributed by atoms with Gasteiger partial charge in [0.25, 0.3) is 0 Å². The van der Waals surface area contributed by atoms with Gasteiger partial charge in [-0.25, -0.2) is 0 Å². The van der Waals surface area contributed by atoms with E-state index in [4.69, 9.17) is 4.74 Å². The molecule has 2 rings (SSSR count). The Balaban J connectivity index is 2.48. The van der Waals surface area contributed by atoms with Gasteiger partial charge in [-0.3, -0.25) is 4.74 Å². The van der Waals surface area contributed by atoms with Crippen molar-refractivity contribution in [2.24, 2.45) is 4.74 Å². The summed E-state index contributed by atoms with van der Waals surface area (Å²) in [5.41, 5.74) is 0. The van der Waals surface area contributed by atoms with E-state index in [1.54, 1.807) is 0 Å². The normalized spacial score (nSPS) is 11.3. The zero-order valence-electron chi connectivity index (χ0n) is 11.8. The highest BCUT2D eigenvalue weighted by atomic mass is 31.2. The maximum atomic E-state index is 5.10. The first-order valence-electron chi connectivity index (χ1n) is 6.94. The third-order valence-corrected chi connectivity index (χ3v) is 6.79. The van der Waals surface area contributed by atoms with Crippen LogP contribution in [0.3, 0.4) is 0 Å². The topological polar surface area (TPSA) is 12.4 Å². The second-order valence-electron chi connectivity index (χ2n) is 4.85. The highest BCUT2D eigenvalue weighted by Gasteiger charge is 2.17. The molecule has 0 aliphatic carbocycles. The molecule has 19 heavy (non-hydrogen) atoms. The molecule has 0 saturated carbocycles. The Morgan fingerprint density at radius 2 is 1.32 bits per heavy atom. The fourth-order valence-electron chi connectivity index (χ4n) is 2.18. The van der Waals surface area contributed by atoms with Gasteiger partial charge in [0, 0.05) is 13.6 Å². The van der Waals surface area contributed by atoms with Crippen LogP contribution >= 0.6 is 7.05 Å². The first-order valence-corrected chi connectivity index (χ1v) is 9.13. The van der Waals surface area contributed by atoms with Crippen LogP contribution in [0.25, 0.3) is 0 Å². The number of hydrogen-bond acceptors (Lipinski definition) is 1. The molecule has 0 radical (unpaired) electrons. The van der Waals surface area contributed by atoms with Gasteiger partial charge in [0.15, 0.2) is 0 Å². The Labute approximate surface area is 116 Å². The van der Waals surface area contributed by atoms with Crippen LogP contribution in [-0.4, -0.2) is 13.2 Å². The van der Waals surface area contributed by atoms with Crippen molar-refractivity contribution in [2.75, 3.05) is 13.2 Å². The fourth-order valence-corrected chi connectivity index (χ4v) is 4.85. The molecular weight excluding hydrogens is 249 g/mol. The third kappa shape index (κ3) is 3.36. The van der Waals surface area contributed by atoms with E-state index >= 15 is 0 Å². The summed E-state index contributed by atoms with van der Waals surface area (Å²) < 4.78 is 5.10. The van der Waals surface area contributed by atoms with Crippen molar-refractivity contribution in [1.82, 2.24) is 0 Å². The number of nitrogens with zero attached hydrogens (tertiary/aromatic N) is 1. The van der Waals surface area contributed by atoms with Crippen LogP contribution in [-0.2, 0) is 0 Å². The third-order valence-electron chi connectivity index (χ3n) is 3.41. The molecule has 0 aliphatic rings. The van der Waals surface area contributed by atoms with E-state index in [0.29, 0.717) is 0 Å². The molecule has 0 N–H and O–H groups in total. The van der Waals surface area contributed by atoms with Crippen molar-refractivity contribution < 1.29 is 0 Å². The van der Waals surface area contributed by atoms with Crippen LogP contribution in [0, 0.1) is 0 Å². The van der Waals surface area contributed by atoms with Crippen LogP contribution in [0.5, 0.6) is 0 Å². The van der Waals surface area contributed by atoms with Gasteiger partial charge in [-0.05, 0) is 23.7 Å². The minimum Gasteiger partial charge on any atom is -0.294 e. The van der Waals surface area contributed by atoms with Gasteiger partial charge in [-0.15, -0.1) is 0 Å². The van der Waals surface area contributed by atoms with E-state index in [-0.39, 0.29) is 0 Å². The van der Waals surface area contributed by atoms with E-state index in [0.717, 1.165) is 6.54 Å². The van der Waals surface area contributed by atoms with Gasteiger partial charge in [0.1, 0.15) is 0 Å².